The van der Waals surface area contributed by atoms with Crippen molar-refractivity contribution < 1.29 is 18.0 Å². The standard InChI is InChI=1S/C13H20F3N3O/c1-3-11(17-4-2)10-5-6-19(7-10)8-12(20)18-9-13(14,15)16/h5-7,11,17H,3-4,8-9H2,1-2H3,(H,18,20). The largest absolute Gasteiger partial charge is 0.405 e. The number of halogens is 3. The number of hydrogen-bond donors (Lipinski definition) is 2. The Hall–Kier alpha value is -1.50. The van der Waals surface area contributed by atoms with Gasteiger partial charge >= 0.3 is 6.18 Å². The minimum Gasteiger partial charge on any atom is -0.345 e. The lowest BCUT2D eigenvalue weighted by molar-refractivity contribution is -0.138. The molecule has 1 rings (SSSR count). The molecule has 1 aromatic heterocycles. The summed E-state index contributed by atoms with van der Waals surface area (Å²) in [5.41, 5.74) is 1.03. The number of alkyl halides is 3. The molecule has 7 heteroatoms. The first kappa shape index (κ1) is 16.6. The second-order valence-corrected chi connectivity index (χ2v) is 4.53. The van der Waals surface area contributed by atoms with Gasteiger partial charge in [-0.3, -0.25) is 4.79 Å². The molecule has 0 radical (unpaired) electrons. The van der Waals surface area contributed by atoms with Gasteiger partial charge in [0, 0.05) is 18.4 Å². The van der Waals surface area contributed by atoms with Crippen molar-refractivity contribution in [3.05, 3.63) is 24.0 Å². The average Bonchev–Trinajstić information content (AvgIpc) is 2.81. The van der Waals surface area contributed by atoms with E-state index in [0.29, 0.717) is 0 Å². The van der Waals surface area contributed by atoms with Gasteiger partial charge in [0.25, 0.3) is 0 Å². The number of rotatable bonds is 7. The highest BCUT2D eigenvalue weighted by Crippen LogP contribution is 2.16. The number of nitrogens with one attached hydrogen (secondary N) is 2. The summed E-state index contributed by atoms with van der Waals surface area (Å²) in [6.07, 6.45) is 0.000477. The number of carbonyl (C=O) groups is 1. The molecule has 1 atom stereocenters. The minimum absolute atomic E-state index is 0.112. The van der Waals surface area contributed by atoms with E-state index >= 15 is 0 Å². The summed E-state index contributed by atoms with van der Waals surface area (Å²) in [6.45, 7) is 3.47. The molecular formula is C13H20F3N3O. The first-order chi connectivity index (χ1) is 9.35. The molecule has 20 heavy (non-hydrogen) atoms. The fourth-order valence-electron chi connectivity index (χ4n) is 1.93. The summed E-state index contributed by atoms with van der Waals surface area (Å²) >= 11 is 0. The SMILES string of the molecule is CCNC(CC)c1ccn(CC(=O)NCC(F)(F)F)c1. The zero-order valence-electron chi connectivity index (χ0n) is 11.6. The molecule has 0 aliphatic heterocycles. The van der Waals surface area contributed by atoms with Crippen LogP contribution in [-0.4, -0.2) is 29.7 Å². The number of nitrogens with zero attached hydrogens (tertiary/aromatic N) is 1. The van der Waals surface area contributed by atoms with Crippen molar-refractivity contribution in [2.24, 2.45) is 0 Å². The van der Waals surface area contributed by atoms with Crippen LogP contribution in [0.1, 0.15) is 31.9 Å². The van der Waals surface area contributed by atoms with Gasteiger partial charge in [-0.2, -0.15) is 13.2 Å². The van der Waals surface area contributed by atoms with E-state index in [9.17, 15) is 18.0 Å². The van der Waals surface area contributed by atoms with E-state index in [-0.39, 0.29) is 12.6 Å². The summed E-state index contributed by atoms with van der Waals surface area (Å²) in [5, 5.41) is 5.15. The first-order valence-corrected chi connectivity index (χ1v) is 6.58. The van der Waals surface area contributed by atoms with Crippen molar-refractivity contribution in [2.45, 2.75) is 39.0 Å². The Bertz CT molecular complexity index is 429. The van der Waals surface area contributed by atoms with Crippen LogP contribution < -0.4 is 10.6 Å². The van der Waals surface area contributed by atoms with Crippen LogP contribution in [0.4, 0.5) is 13.2 Å². The summed E-state index contributed by atoms with van der Waals surface area (Å²) in [7, 11) is 0. The molecule has 2 N–H and O–H groups in total. The highest BCUT2D eigenvalue weighted by molar-refractivity contribution is 5.75. The van der Waals surface area contributed by atoms with Crippen LogP contribution in [0.25, 0.3) is 0 Å². The van der Waals surface area contributed by atoms with Gasteiger partial charge in [-0.15, -0.1) is 0 Å². The van der Waals surface area contributed by atoms with Crippen molar-refractivity contribution in [2.75, 3.05) is 13.1 Å². The maximum Gasteiger partial charge on any atom is 0.405 e. The smallest absolute Gasteiger partial charge is 0.345 e. The lowest BCUT2D eigenvalue weighted by atomic mass is 10.1. The molecule has 1 amide bonds. The van der Waals surface area contributed by atoms with Crippen LogP contribution in [0, 0.1) is 0 Å². The Kier molecular flexibility index (Phi) is 6.06. The molecule has 0 aliphatic carbocycles. The number of amides is 1. The highest BCUT2D eigenvalue weighted by Gasteiger charge is 2.27. The molecule has 0 aromatic carbocycles. The summed E-state index contributed by atoms with van der Waals surface area (Å²) < 4.78 is 37.5. The number of carbonyl (C=O) groups excluding carboxylic acids is 1. The molecular weight excluding hydrogens is 271 g/mol. The number of hydrogen-bond acceptors (Lipinski definition) is 2. The zero-order chi connectivity index (χ0) is 15.2. The third kappa shape index (κ3) is 5.64. The van der Waals surface area contributed by atoms with Crippen molar-refractivity contribution in [3.63, 3.8) is 0 Å². The summed E-state index contributed by atoms with van der Waals surface area (Å²) in [6, 6.07) is 2.06. The molecule has 0 spiro atoms. The first-order valence-electron chi connectivity index (χ1n) is 6.58. The van der Waals surface area contributed by atoms with Crippen LogP contribution >= 0.6 is 0 Å². The van der Waals surface area contributed by atoms with Gasteiger partial charge in [-0.1, -0.05) is 13.8 Å². The van der Waals surface area contributed by atoms with Gasteiger partial charge in [-0.25, -0.2) is 0 Å². The van der Waals surface area contributed by atoms with Crippen molar-refractivity contribution in [1.29, 1.82) is 0 Å². The molecule has 4 nitrogen and oxygen atoms in total. The van der Waals surface area contributed by atoms with Gasteiger partial charge in [0.15, 0.2) is 0 Å². The van der Waals surface area contributed by atoms with Gasteiger partial charge in [0.05, 0.1) is 0 Å². The molecule has 1 aromatic rings. The van der Waals surface area contributed by atoms with Crippen molar-refractivity contribution in [1.82, 2.24) is 15.2 Å². The molecule has 114 valence electrons. The third-order valence-electron chi connectivity index (χ3n) is 2.85. The van der Waals surface area contributed by atoms with E-state index in [1.54, 1.807) is 17.0 Å². The van der Waals surface area contributed by atoms with E-state index in [2.05, 4.69) is 5.32 Å². The van der Waals surface area contributed by atoms with Crippen LogP contribution in [0.2, 0.25) is 0 Å². The van der Waals surface area contributed by atoms with E-state index in [4.69, 9.17) is 0 Å². The predicted octanol–water partition coefficient (Wildman–Crippen LogP) is 2.23. The molecule has 1 unspecified atom stereocenters. The predicted molar refractivity (Wildman–Crippen MR) is 70.2 cm³/mol. The van der Waals surface area contributed by atoms with E-state index in [1.165, 1.54) is 0 Å². The fraction of sp³-hybridized carbons (Fsp3) is 0.615. The van der Waals surface area contributed by atoms with E-state index in [1.807, 2.05) is 25.2 Å². The zero-order valence-corrected chi connectivity index (χ0v) is 11.6. The Morgan fingerprint density at radius 2 is 2.10 bits per heavy atom. The van der Waals surface area contributed by atoms with Crippen LogP contribution in [0.15, 0.2) is 18.5 Å². The topological polar surface area (TPSA) is 46.1 Å². The fourth-order valence-corrected chi connectivity index (χ4v) is 1.93. The maximum atomic E-state index is 12.0. The summed E-state index contributed by atoms with van der Waals surface area (Å²) in [5.74, 6) is -0.652. The van der Waals surface area contributed by atoms with Gasteiger partial charge in [-0.05, 0) is 24.6 Å². The molecule has 1 heterocycles. The Morgan fingerprint density at radius 3 is 2.65 bits per heavy atom. The maximum absolute atomic E-state index is 12.0. The Balaban J connectivity index is 2.53. The van der Waals surface area contributed by atoms with Gasteiger partial charge in [0.2, 0.25) is 5.91 Å². The molecule has 0 saturated carbocycles. The Morgan fingerprint density at radius 1 is 1.40 bits per heavy atom. The summed E-state index contributed by atoms with van der Waals surface area (Å²) in [4.78, 5) is 11.4. The van der Waals surface area contributed by atoms with Crippen LogP contribution in [0.5, 0.6) is 0 Å². The monoisotopic (exact) mass is 291 g/mol. The molecule has 0 aliphatic rings. The Labute approximate surface area is 116 Å². The van der Waals surface area contributed by atoms with E-state index < -0.39 is 18.6 Å². The molecule has 0 saturated heterocycles. The van der Waals surface area contributed by atoms with Crippen LogP contribution in [0.3, 0.4) is 0 Å². The second-order valence-electron chi connectivity index (χ2n) is 4.53. The quantitative estimate of drug-likeness (QED) is 0.809. The third-order valence-corrected chi connectivity index (χ3v) is 2.85. The van der Waals surface area contributed by atoms with Crippen molar-refractivity contribution >= 4 is 5.91 Å². The molecule has 0 bridgehead atoms. The lowest BCUT2D eigenvalue weighted by Crippen LogP contribution is -2.35. The normalized spacial score (nSPS) is 13.2. The minimum atomic E-state index is -4.38. The number of aromatic nitrogens is 1. The van der Waals surface area contributed by atoms with Gasteiger partial charge in [0.1, 0.15) is 13.1 Å². The van der Waals surface area contributed by atoms with Gasteiger partial charge < -0.3 is 15.2 Å². The van der Waals surface area contributed by atoms with E-state index in [0.717, 1.165) is 18.5 Å². The van der Waals surface area contributed by atoms with Crippen molar-refractivity contribution in [3.8, 4) is 0 Å². The molecule has 0 fully saturated rings. The van der Waals surface area contributed by atoms with Crippen LogP contribution in [-0.2, 0) is 11.3 Å². The lowest BCUT2D eigenvalue weighted by Gasteiger charge is -2.14. The second kappa shape index (κ2) is 7.33. The average molecular weight is 291 g/mol. The highest BCUT2D eigenvalue weighted by atomic mass is 19.4.